The number of amides is 2. The standard InChI is InChI=1S/C17H22N6O3/c1-17(2,3)22-9-11(5-15(22)24)16(25)19-12-6-13(8-14(7-12)26-4)23-10-18-20-21-23/h6-8,10-11H,5,9H2,1-4H3,(H,19,25). The first kappa shape index (κ1) is 17.8. The van der Waals surface area contributed by atoms with E-state index in [4.69, 9.17) is 4.74 Å². The lowest BCUT2D eigenvalue weighted by molar-refractivity contribution is -0.131. The van der Waals surface area contributed by atoms with Crippen molar-refractivity contribution < 1.29 is 14.3 Å². The molecule has 2 aromatic rings. The molecular formula is C17H22N6O3. The van der Waals surface area contributed by atoms with E-state index in [2.05, 4.69) is 20.8 Å². The van der Waals surface area contributed by atoms with Crippen molar-refractivity contribution in [2.24, 2.45) is 5.92 Å². The van der Waals surface area contributed by atoms with Crippen molar-refractivity contribution in [3.05, 3.63) is 24.5 Å². The molecule has 3 rings (SSSR count). The van der Waals surface area contributed by atoms with Crippen LogP contribution >= 0.6 is 0 Å². The predicted molar refractivity (Wildman–Crippen MR) is 93.9 cm³/mol. The lowest BCUT2D eigenvalue weighted by Crippen LogP contribution is -2.42. The van der Waals surface area contributed by atoms with Crippen molar-refractivity contribution in [1.29, 1.82) is 0 Å². The summed E-state index contributed by atoms with van der Waals surface area (Å²) in [6.45, 7) is 6.31. The Balaban J connectivity index is 1.78. The number of nitrogens with one attached hydrogen (secondary N) is 1. The number of carbonyl (C=O) groups is 2. The number of likely N-dealkylation sites (tertiary alicyclic amines) is 1. The zero-order valence-corrected chi connectivity index (χ0v) is 15.3. The lowest BCUT2D eigenvalue weighted by Gasteiger charge is -2.31. The highest BCUT2D eigenvalue weighted by Gasteiger charge is 2.39. The van der Waals surface area contributed by atoms with Crippen LogP contribution in [-0.4, -0.2) is 56.1 Å². The van der Waals surface area contributed by atoms with E-state index in [1.807, 2.05) is 20.8 Å². The quantitative estimate of drug-likeness (QED) is 0.883. The second-order valence-electron chi connectivity index (χ2n) is 7.24. The molecule has 26 heavy (non-hydrogen) atoms. The van der Waals surface area contributed by atoms with Crippen molar-refractivity contribution >= 4 is 17.5 Å². The molecular weight excluding hydrogens is 336 g/mol. The maximum absolute atomic E-state index is 12.7. The number of tetrazole rings is 1. The van der Waals surface area contributed by atoms with Crippen LogP contribution in [0.15, 0.2) is 24.5 Å². The summed E-state index contributed by atoms with van der Waals surface area (Å²) < 4.78 is 6.75. The van der Waals surface area contributed by atoms with Crippen LogP contribution in [0.5, 0.6) is 5.75 Å². The summed E-state index contributed by atoms with van der Waals surface area (Å²) in [7, 11) is 1.54. The molecule has 1 saturated heterocycles. The van der Waals surface area contributed by atoms with Gasteiger partial charge in [0, 0.05) is 36.3 Å². The average molecular weight is 358 g/mol. The van der Waals surface area contributed by atoms with Gasteiger partial charge in [-0.3, -0.25) is 9.59 Å². The van der Waals surface area contributed by atoms with E-state index in [-0.39, 0.29) is 29.7 Å². The molecule has 0 aliphatic carbocycles. The highest BCUT2D eigenvalue weighted by atomic mass is 16.5. The summed E-state index contributed by atoms with van der Waals surface area (Å²) in [6, 6.07) is 5.21. The van der Waals surface area contributed by atoms with Crippen molar-refractivity contribution in [2.45, 2.75) is 32.7 Å². The Hall–Kier alpha value is -2.97. The third-order valence-corrected chi connectivity index (χ3v) is 4.31. The van der Waals surface area contributed by atoms with Gasteiger partial charge in [-0.25, -0.2) is 4.68 Å². The minimum Gasteiger partial charge on any atom is -0.497 e. The first-order valence-electron chi connectivity index (χ1n) is 8.31. The summed E-state index contributed by atoms with van der Waals surface area (Å²) in [5.74, 6) is -0.0183. The van der Waals surface area contributed by atoms with E-state index in [0.717, 1.165) is 0 Å². The number of rotatable bonds is 4. The van der Waals surface area contributed by atoms with E-state index in [0.29, 0.717) is 23.7 Å². The highest BCUT2D eigenvalue weighted by Crippen LogP contribution is 2.28. The number of carbonyl (C=O) groups excluding carboxylic acids is 2. The summed E-state index contributed by atoms with van der Waals surface area (Å²) >= 11 is 0. The lowest BCUT2D eigenvalue weighted by atomic mass is 10.1. The van der Waals surface area contributed by atoms with E-state index in [1.54, 1.807) is 30.2 Å². The van der Waals surface area contributed by atoms with Crippen LogP contribution in [0.2, 0.25) is 0 Å². The second kappa shape index (κ2) is 6.74. The van der Waals surface area contributed by atoms with Gasteiger partial charge in [-0.1, -0.05) is 0 Å². The third kappa shape index (κ3) is 3.66. The van der Waals surface area contributed by atoms with Gasteiger partial charge in [0.2, 0.25) is 11.8 Å². The van der Waals surface area contributed by atoms with Gasteiger partial charge >= 0.3 is 0 Å². The third-order valence-electron chi connectivity index (χ3n) is 4.31. The van der Waals surface area contributed by atoms with Crippen molar-refractivity contribution in [3.8, 4) is 11.4 Å². The summed E-state index contributed by atoms with van der Waals surface area (Å²) in [5.41, 5.74) is 0.917. The minimum atomic E-state index is -0.385. The molecule has 138 valence electrons. The molecule has 1 fully saturated rings. The van der Waals surface area contributed by atoms with Crippen molar-refractivity contribution in [1.82, 2.24) is 25.1 Å². The molecule has 0 bridgehead atoms. The van der Waals surface area contributed by atoms with E-state index < -0.39 is 0 Å². The van der Waals surface area contributed by atoms with Crippen LogP contribution in [0.4, 0.5) is 5.69 Å². The molecule has 0 spiro atoms. The Morgan fingerprint density at radius 2 is 2.08 bits per heavy atom. The molecule has 1 atom stereocenters. The van der Waals surface area contributed by atoms with Gasteiger partial charge in [-0.05, 0) is 37.3 Å². The molecule has 1 aliphatic rings. The van der Waals surface area contributed by atoms with Gasteiger partial charge in [0.05, 0.1) is 18.7 Å². The maximum atomic E-state index is 12.7. The van der Waals surface area contributed by atoms with Crippen molar-refractivity contribution in [2.75, 3.05) is 19.0 Å². The van der Waals surface area contributed by atoms with Gasteiger partial charge in [-0.2, -0.15) is 0 Å². The van der Waals surface area contributed by atoms with E-state index in [1.165, 1.54) is 11.0 Å². The van der Waals surface area contributed by atoms with E-state index in [9.17, 15) is 9.59 Å². The molecule has 0 radical (unpaired) electrons. The highest BCUT2D eigenvalue weighted by molar-refractivity contribution is 5.97. The fourth-order valence-electron chi connectivity index (χ4n) is 2.96. The zero-order valence-electron chi connectivity index (χ0n) is 15.3. The Morgan fingerprint density at radius 1 is 1.31 bits per heavy atom. The number of methoxy groups -OCH3 is 1. The predicted octanol–water partition coefficient (Wildman–Crippen LogP) is 1.26. The molecule has 1 aromatic heterocycles. The smallest absolute Gasteiger partial charge is 0.229 e. The van der Waals surface area contributed by atoms with Gasteiger partial charge < -0.3 is 15.0 Å². The molecule has 1 aliphatic heterocycles. The Morgan fingerprint density at radius 3 is 2.65 bits per heavy atom. The monoisotopic (exact) mass is 358 g/mol. The van der Waals surface area contributed by atoms with Crippen LogP contribution in [0.3, 0.4) is 0 Å². The molecule has 9 nitrogen and oxygen atoms in total. The van der Waals surface area contributed by atoms with Gasteiger partial charge in [0.25, 0.3) is 0 Å². The van der Waals surface area contributed by atoms with Crippen LogP contribution in [0.25, 0.3) is 5.69 Å². The second-order valence-corrected chi connectivity index (χ2v) is 7.24. The minimum absolute atomic E-state index is 0.00216. The van der Waals surface area contributed by atoms with Gasteiger partial charge in [0.1, 0.15) is 12.1 Å². The van der Waals surface area contributed by atoms with Crippen LogP contribution < -0.4 is 10.1 Å². The Kier molecular flexibility index (Phi) is 4.62. The number of hydrogen-bond acceptors (Lipinski definition) is 6. The molecule has 2 heterocycles. The summed E-state index contributed by atoms with van der Waals surface area (Å²) in [4.78, 5) is 26.6. The van der Waals surface area contributed by atoms with Gasteiger partial charge in [0.15, 0.2) is 0 Å². The number of aromatic nitrogens is 4. The van der Waals surface area contributed by atoms with Crippen LogP contribution in [-0.2, 0) is 9.59 Å². The number of nitrogens with zero attached hydrogens (tertiary/aromatic N) is 5. The topological polar surface area (TPSA) is 102 Å². The fourth-order valence-corrected chi connectivity index (χ4v) is 2.96. The number of hydrogen-bond donors (Lipinski definition) is 1. The summed E-state index contributed by atoms with van der Waals surface area (Å²) in [5, 5.41) is 13.9. The van der Waals surface area contributed by atoms with Crippen LogP contribution in [0.1, 0.15) is 27.2 Å². The molecule has 1 unspecified atom stereocenters. The number of anilines is 1. The maximum Gasteiger partial charge on any atom is 0.229 e. The molecule has 1 aromatic carbocycles. The van der Waals surface area contributed by atoms with Crippen LogP contribution in [0, 0.1) is 5.92 Å². The number of ether oxygens (including phenoxy) is 1. The Labute approximate surface area is 151 Å². The Bertz CT molecular complexity index is 812. The normalized spacial score (nSPS) is 17.5. The fraction of sp³-hybridized carbons (Fsp3) is 0.471. The van der Waals surface area contributed by atoms with Crippen molar-refractivity contribution in [3.63, 3.8) is 0 Å². The SMILES string of the molecule is COc1cc(NC(=O)C2CC(=O)N(C(C)(C)C)C2)cc(-n2cnnn2)c1. The molecule has 9 heteroatoms. The first-order chi connectivity index (χ1) is 12.3. The summed E-state index contributed by atoms with van der Waals surface area (Å²) in [6.07, 6.45) is 1.67. The van der Waals surface area contributed by atoms with Gasteiger partial charge in [-0.15, -0.1) is 5.10 Å². The molecule has 0 saturated carbocycles. The largest absolute Gasteiger partial charge is 0.497 e. The zero-order chi connectivity index (χ0) is 18.9. The first-order valence-corrected chi connectivity index (χ1v) is 8.31. The number of benzene rings is 1. The van der Waals surface area contributed by atoms with E-state index >= 15 is 0 Å². The molecule has 1 N–H and O–H groups in total. The molecule has 2 amide bonds. The average Bonchev–Trinajstić information content (AvgIpc) is 3.23.